The number of carboxylic acids is 1. The van der Waals surface area contributed by atoms with Gasteiger partial charge in [-0.25, -0.2) is 4.79 Å². The van der Waals surface area contributed by atoms with Gasteiger partial charge in [0.15, 0.2) is 0 Å². The van der Waals surface area contributed by atoms with Gasteiger partial charge in [-0.1, -0.05) is 127 Å². The average Bonchev–Trinajstić information content (AvgIpc) is 3.45. The van der Waals surface area contributed by atoms with Gasteiger partial charge in [0.2, 0.25) is 0 Å². The number of aromatic carboxylic acids is 1. The molecule has 1 heterocycles. The van der Waals surface area contributed by atoms with Crippen molar-refractivity contribution in [1.29, 1.82) is 0 Å². The maximum Gasteiger partial charge on any atom is 0.335 e. The van der Waals surface area contributed by atoms with E-state index in [-0.39, 0.29) is 5.56 Å². The zero-order valence-electron chi connectivity index (χ0n) is 23.7. The Kier molecular flexibility index (Phi) is 14.6. The molecule has 0 radical (unpaired) electrons. The molecule has 0 aliphatic heterocycles. The lowest BCUT2D eigenvalue weighted by Crippen LogP contribution is -1.97. The Morgan fingerprint density at radius 3 is 1.49 bits per heavy atom. The van der Waals surface area contributed by atoms with Gasteiger partial charge < -0.3 is 9.84 Å². The van der Waals surface area contributed by atoms with E-state index in [2.05, 4.69) is 17.1 Å². The highest BCUT2D eigenvalue weighted by Gasteiger charge is 2.10. The van der Waals surface area contributed by atoms with Gasteiger partial charge in [0.05, 0.1) is 12.2 Å². The number of carbonyl (C=O) groups is 1. The van der Waals surface area contributed by atoms with Crippen molar-refractivity contribution in [3.8, 4) is 26.9 Å². The van der Waals surface area contributed by atoms with Gasteiger partial charge in [0.1, 0.15) is 15.8 Å². The lowest BCUT2D eigenvalue weighted by atomic mass is 10.0. The SMILES string of the molecule is CCCCCCCCCCCCCCCCCCOc1ccc(-c2nnc(-c3ccc(C(=O)O)cc3)s2)cc1. The summed E-state index contributed by atoms with van der Waals surface area (Å²) in [6.45, 7) is 3.04. The Morgan fingerprint density at radius 1 is 0.641 bits per heavy atom. The maximum atomic E-state index is 11.0. The Bertz CT molecular complexity index is 1060. The first-order valence-electron chi connectivity index (χ1n) is 15.1. The molecular formula is C33H46N2O3S. The number of ether oxygens (including phenoxy) is 1. The average molecular weight is 551 g/mol. The van der Waals surface area contributed by atoms with E-state index < -0.39 is 5.97 Å². The van der Waals surface area contributed by atoms with E-state index >= 15 is 0 Å². The molecule has 2 aromatic carbocycles. The number of nitrogens with zero attached hydrogens (tertiary/aromatic N) is 2. The molecule has 1 N–H and O–H groups in total. The molecule has 212 valence electrons. The molecule has 5 nitrogen and oxygen atoms in total. The van der Waals surface area contributed by atoms with E-state index in [0.717, 1.165) is 39.9 Å². The molecule has 3 rings (SSSR count). The first-order valence-corrected chi connectivity index (χ1v) is 15.9. The predicted octanol–water partition coefficient (Wildman–Crippen LogP) is 10.2. The summed E-state index contributed by atoms with van der Waals surface area (Å²) >= 11 is 1.49. The van der Waals surface area contributed by atoms with Gasteiger partial charge >= 0.3 is 5.97 Å². The Hall–Kier alpha value is -2.73. The van der Waals surface area contributed by atoms with E-state index in [1.165, 1.54) is 108 Å². The Morgan fingerprint density at radius 2 is 1.05 bits per heavy atom. The minimum absolute atomic E-state index is 0.263. The number of benzene rings is 2. The van der Waals surface area contributed by atoms with Gasteiger partial charge in [-0.2, -0.15) is 0 Å². The van der Waals surface area contributed by atoms with Crippen molar-refractivity contribution in [2.75, 3.05) is 6.61 Å². The third-order valence-corrected chi connectivity index (χ3v) is 8.19. The first kappa shape index (κ1) is 30.8. The Labute approximate surface area is 239 Å². The predicted molar refractivity (Wildman–Crippen MR) is 163 cm³/mol. The number of rotatable bonds is 21. The molecule has 0 spiro atoms. The highest BCUT2D eigenvalue weighted by molar-refractivity contribution is 7.17. The monoisotopic (exact) mass is 550 g/mol. The fourth-order valence-corrected chi connectivity index (χ4v) is 5.60. The molecule has 1 aromatic heterocycles. The molecule has 6 heteroatoms. The normalized spacial score (nSPS) is 11.1. The van der Waals surface area contributed by atoms with Crippen LogP contribution >= 0.6 is 11.3 Å². The highest BCUT2D eigenvalue weighted by Crippen LogP contribution is 2.31. The molecule has 0 unspecified atom stereocenters. The van der Waals surface area contributed by atoms with Crippen LogP contribution in [0.2, 0.25) is 0 Å². The molecular weight excluding hydrogens is 504 g/mol. The van der Waals surface area contributed by atoms with Gasteiger partial charge in [-0.3, -0.25) is 0 Å². The number of hydrogen-bond donors (Lipinski definition) is 1. The van der Waals surface area contributed by atoms with Crippen molar-refractivity contribution in [2.45, 2.75) is 110 Å². The molecule has 3 aromatic rings. The van der Waals surface area contributed by atoms with Gasteiger partial charge in [-0.15, -0.1) is 10.2 Å². The molecule has 39 heavy (non-hydrogen) atoms. The van der Waals surface area contributed by atoms with Crippen molar-refractivity contribution in [1.82, 2.24) is 10.2 Å². The fraction of sp³-hybridized carbons (Fsp3) is 0.545. The second-order valence-electron chi connectivity index (χ2n) is 10.5. The summed E-state index contributed by atoms with van der Waals surface area (Å²) in [7, 11) is 0. The van der Waals surface area contributed by atoms with Crippen molar-refractivity contribution < 1.29 is 14.6 Å². The van der Waals surface area contributed by atoms with Crippen LogP contribution in [0.4, 0.5) is 0 Å². The molecule has 0 saturated heterocycles. The molecule has 0 amide bonds. The second kappa shape index (κ2) is 18.5. The third kappa shape index (κ3) is 11.9. The van der Waals surface area contributed by atoms with E-state index in [1.807, 2.05) is 24.3 Å². The number of unbranched alkanes of at least 4 members (excludes halogenated alkanes) is 15. The van der Waals surface area contributed by atoms with Crippen molar-refractivity contribution in [3.05, 3.63) is 54.1 Å². The highest BCUT2D eigenvalue weighted by atomic mass is 32.1. The quantitative estimate of drug-likeness (QED) is 0.134. The van der Waals surface area contributed by atoms with E-state index in [9.17, 15) is 4.79 Å². The van der Waals surface area contributed by atoms with Gasteiger partial charge in [0.25, 0.3) is 0 Å². The fourth-order valence-electron chi connectivity index (χ4n) is 4.75. The van der Waals surface area contributed by atoms with Crippen LogP contribution in [0.25, 0.3) is 21.1 Å². The number of aromatic nitrogens is 2. The summed E-state index contributed by atoms with van der Waals surface area (Å²) in [6.07, 6.45) is 21.9. The van der Waals surface area contributed by atoms with Crippen LogP contribution in [0.3, 0.4) is 0 Å². The van der Waals surface area contributed by atoms with Crippen LogP contribution in [0.15, 0.2) is 48.5 Å². The smallest absolute Gasteiger partial charge is 0.335 e. The zero-order chi connectivity index (χ0) is 27.5. The van der Waals surface area contributed by atoms with Crippen LogP contribution in [-0.4, -0.2) is 27.9 Å². The van der Waals surface area contributed by atoms with E-state index in [1.54, 1.807) is 24.3 Å². The van der Waals surface area contributed by atoms with Crippen LogP contribution in [0.1, 0.15) is 120 Å². The Balaban J connectivity index is 1.20. The van der Waals surface area contributed by atoms with Crippen LogP contribution in [0, 0.1) is 0 Å². The second-order valence-corrected chi connectivity index (χ2v) is 11.4. The van der Waals surface area contributed by atoms with E-state index in [4.69, 9.17) is 9.84 Å². The first-order chi connectivity index (χ1) is 19.2. The summed E-state index contributed by atoms with van der Waals surface area (Å²) in [5.41, 5.74) is 2.12. The molecule has 0 atom stereocenters. The van der Waals surface area contributed by atoms with Crippen molar-refractivity contribution >= 4 is 17.3 Å². The van der Waals surface area contributed by atoms with Crippen molar-refractivity contribution in [2.24, 2.45) is 0 Å². The van der Waals surface area contributed by atoms with Gasteiger partial charge in [-0.05, 0) is 42.8 Å². The summed E-state index contributed by atoms with van der Waals surface area (Å²) < 4.78 is 5.94. The summed E-state index contributed by atoms with van der Waals surface area (Å²) in [5.74, 6) is -0.0506. The largest absolute Gasteiger partial charge is 0.494 e. The summed E-state index contributed by atoms with van der Waals surface area (Å²) in [5, 5.41) is 19.2. The molecule has 0 aliphatic rings. The van der Waals surface area contributed by atoms with Crippen LogP contribution < -0.4 is 4.74 Å². The topological polar surface area (TPSA) is 72.3 Å². The third-order valence-electron chi connectivity index (χ3n) is 7.17. The molecule has 0 saturated carbocycles. The van der Waals surface area contributed by atoms with Crippen molar-refractivity contribution in [3.63, 3.8) is 0 Å². The molecule has 0 fully saturated rings. The maximum absolute atomic E-state index is 11.0. The zero-order valence-corrected chi connectivity index (χ0v) is 24.5. The minimum Gasteiger partial charge on any atom is -0.494 e. The van der Waals surface area contributed by atoms with Gasteiger partial charge in [0, 0.05) is 11.1 Å². The lowest BCUT2D eigenvalue weighted by Gasteiger charge is -2.07. The lowest BCUT2D eigenvalue weighted by molar-refractivity contribution is 0.0697. The molecule has 0 aliphatic carbocycles. The minimum atomic E-state index is -0.934. The molecule has 0 bridgehead atoms. The standard InChI is InChI=1S/C33H46N2O3S/c1-2-3-4-5-6-7-8-9-10-11-12-13-14-15-16-17-26-38-30-24-22-28(23-25-30)32-35-34-31(39-32)27-18-20-29(21-19-27)33(36)37/h18-25H,2-17,26H2,1H3,(H,36,37). The number of carboxylic acid groups (broad SMARTS) is 1. The summed E-state index contributed by atoms with van der Waals surface area (Å²) in [4.78, 5) is 11.0. The van der Waals surface area contributed by atoms with Crippen LogP contribution in [0.5, 0.6) is 5.75 Å². The van der Waals surface area contributed by atoms with Crippen LogP contribution in [-0.2, 0) is 0 Å². The van der Waals surface area contributed by atoms with E-state index in [0.29, 0.717) is 0 Å². The number of hydrogen-bond acceptors (Lipinski definition) is 5. The summed E-state index contributed by atoms with van der Waals surface area (Å²) in [6, 6.07) is 14.7.